The average molecular weight is 314 g/mol. The van der Waals surface area contributed by atoms with Gasteiger partial charge in [0.25, 0.3) is 0 Å². The van der Waals surface area contributed by atoms with Crippen molar-refractivity contribution in [3.8, 4) is 0 Å². The number of hydrogen-bond acceptors (Lipinski definition) is 6. The van der Waals surface area contributed by atoms with Crippen LogP contribution in [0.3, 0.4) is 0 Å². The molecule has 22 heavy (non-hydrogen) atoms. The Morgan fingerprint density at radius 3 is 0.955 bits per heavy atom. The fraction of sp³-hybridized carbons (Fsp3) is 1.00. The third-order valence-corrected chi connectivity index (χ3v) is 5.81. The molecule has 0 aliphatic carbocycles. The summed E-state index contributed by atoms with van der Waals surface area (Å²) >= 11 is 0. The smallest absolute Gasteiger partial charge is 0.0816 e. The molecular formula is C16H26O6. The van der Waals surface area contributed by atoms with Crippen LogP contribution < -0.4 is 0 Å². The third kappa shape index (κ3) is 3.18. The number of rotatable bonds is 11. The maximum Gasteiger partial charge on any atom is 0.0816 e. The van der Waals surface area contributed by atoms with E-state index in [2.05, 4.69) is 0 Å². The normalized spacial score (nSPS) is 40.6. The van der Waals surface area contributed by atoms with Gasteiger partial charge in [-0.05, 0) is 25.7 Å². The van der Waals surface area contributed by atoms with E-state index in [9.17, 15) is 10.2 Å². The molecule has 0 spiro atoms. The molecular weight excluding hydrogens is 288 g/mol. The van der Waals surface area contributed by atoms with E-state index in [0.29, 0.717) is 0 Å². The molecule has 6 heteroatoms. The molecule has 126 valence electrons. The van der Waals surface area contributed by atoms with Gasteiger partial charge in [-0.25, -0.2) is 0 Å². The second-order valence-electron chi connectivity index (χ2n) is 7.51. The van der Waals surface area contributed by atoms with Gasteiger partial charge in [-0.15, -0.1) is 0 Å². The van der Waals surface area contributed by atoms with Gasteiger partial charge >= 0.3 is 0 Å². The first-order valence-corrected chi connectivity index (χ1v) is 8.37. The first-order valence-electron chi connectivity index (χ1n) is 8.37. The molecule has 0 saturated carbocycles. The van der Waals surface area contributed by atoms with Crippen LogP contribution in [-0.2, 0) is 18.9 Å². The van der Waals surface area contributed by atoms with Gasteiger partial charge in [-0.3, -0.25) is 0 Å². The van der Waals surface area contributed by atoms with Crippen LogP contribution in [0.15, 0.2) is 0 Å². The number of aliphatic hydroxyl groups excluding tert-OH is 2. The van der Waals surface area contributed by atoms with Crippen molar-refractivity contribution in [3.05, 3.63) is 0 Å². The molecule has 4 saturated heterocycles. The van der Waals surface area contributed by atoms with E-state index in [1.165, 1.54) is 0 Å². The van der Waals surface area contributed by atoms with E-state index in [0.717, 1.165) is 52.1 Å². The van der Waals surface area contributed by atoms with Gasteiger partial charge in [-0.1, -0.05) is 0 Å². The lowest BCUT2D eigenvalue weighted by atomic mass is 9.56. The Kier molecular flexibility index (Phi) is 3.95. The zero-order valence-corrected chi connectivity index (χ0v) is 12.9. The van der Waals surface area contributed by atoms with E-state index in [-0.39, 0.29) is 48.5 Å². The zero-order chi connectivity index (χ0) is 15.2. The molecule has 4 atom stereocenters. The maximum absolute atomic E-state index is 10.4. The highest BCUT2D eigenvalue weighted by Gasteiger charge is 2.58. The SMILES string of the molecule is OCC(CC1CO1)(CC1CO1)C(CO)(CC1CO1)CC1CO1. The first-order chi connectivity index (χ1) is 10.7. The fourth-order valence-corrected chi connectivity index (χ4v) is 4.11. The molecule has 2 N–H and O–H groups in total. The lowest BCUT2D eigenvalue weighted by Crippen LogP contribution is -2.51. The monoisotopic (exact) mass is 314 g/mol. The lowest BCUT2D eigenvalue weighted by Gasteiger charge is -2.49. The van der Waals surface area contributed by atoms with Gasteiger partial charge in [0.1, 0.15) is 0 Å². The Morgan fingerprint density at radius 1 is 0.591 bits per heavy atom. The van der Waals surface area contributed by atoms with Crippen LogP contribution in [-0.4, -0.2) is 74.3 Å². The average Bonchev–Trinajstić information content (AvgIpc) is 3.37. The van der Waals surface area contributed by atoms with Crippen molar-refractivity contribution < 1.29 is 29.2 Å². The van der Waals surface area contributed by atoms with E-state index >= 15 is 0 Å². The Labute approximate surface area is 130 Å². The molecule has 4 rings (SSSR count). The summed E-state index contributed by atoms with van der Waals surface area (Å²) in [6, 6.07) is 0. The molecule has 0 bridgehead atoms. The third-order valence-electron chi connectivity index (χ3n) is 5.81. The molecule has 0 aromatic heterocycles. The van der Waals surface area contributed by atoms with E-state index in [4.69, 9.17) is 18.9 Å². The lowest BCUT2D eigenvalue weighted by molar-refractivity contribution is -0.0926. The second-order valence-corrected chi connectivity index (χ2v) is 7.51. The predicted molar refractivity (Wildman–Crippen MR) is 76.5 cm³/mol. The van der Waals surface area contributed by atoms with E-state index in [1.54, 1.807) is 0 Å². The minimum Gasteiger partial charge on any atom is -0.396 e. The summed E-state index contributed by atoms with van der Waals surface area (Å²) in [5, 5.41) is 20.7. The summed E-state index contributed by atoms with van der Waals surface area (Å²) in [6.07, 6.45) is 3.95. The van der Waals surface area contributed by atoms with Crippen molar-refractivity contribution in [2.45, 2.75) is 50.1 Å². The molecule has 6 nitrogen and oxygen atoms in total. The van der Waals surface area contributed by atoms with Gasteiger partial charge in [0.2, 0.25) is 0 Å². The Hall–Kier alpha value is -0.240. The van der Waals surface area contributed by atoms with E-state index in [1.807, 2.05) is 0 Å². The molecule has 0 aromatic carbocycles. The number of aliphatic hydroxyl groups is 2. The van der Waals surface area contributed by atoms with Crippen molar-refractivity contribution in [2.24, 2.45) is 10.8 Å². The molecule has 4 heterocycles. The number of ether oxygens (including phenoxy) is 4. The largest absolute Gasteiger partial charge is 0.396 e. The number of epoxide rings is 4. The molecule has 0 radical (unpaired) electrons. The highest BCUT2D eigenvalue weighted by atomic mass is 16.6. The second kappa shape index (κ2) is 5.69. The summed E-state index contributed by atoms with van der Waals surface area (Å²) in [7, 11) is 0. The van der Waals surface area contributed by atoms with Crippen molar-refractivity contribution >= 4 is 0 Å². The highest BCUT2D eigenvalue weighted by molar-refractivity contribution is 5.06. The highest BCUT2D eigenvalue weighted by Crippen LogP contribution is 2.56. The van der Waals surface area contributed by atoms with Gasteiger partial charge in [0, 0.05) is 24.0 Å². The van der Waals surface area contributed by atoms with Crippen LogP contribution in [0.25, 0.3) is 0 Å². The molecule has 4 aliphatic heterocycles. The van der Waals surface area contributed by atoms with Gasteiger partial charge < -0.3 is 29.2 Å². The molecule has 0 amide bonds. The maximum atomic E-state index is 10.4. The van der Waals surface area contributed by atoms with Crippen molar-refractivity contribution in [3.63, 3.8) is 0 Å². The van der Waals surface area contributed by atoms with Gasteiger partial charge in [0.05, 0.1) is 50.8 Å². The molecule has 4 aliphatic rings. The van der Waals surface area contributed by atoms with Crippen molar-refractivity contribution in [2.75, 3.05) is 39.6 Å². The topological polar surface area (TPSA) is 90.6 Å². The summed E-state index contributed by atoms with van der Waals surface area (Å²) in [6.45, 7) is 3.13. The predicted octanol–water partition coefficient (Wildman–Crippen LogP) is 0.0994. The van der Waals surface area contributed by atoms with Gasteiger partial charge in [-0.2, -0.15) is 0 Å². The zero-order valence-electron chi connectivity index (χ0n) is 12.9. The van der Waals surface area contributed by atoms with Crippen LogP contribution in [0, 0.1) is 10.8 Å². The fourth-order valence-electron chi connectivity index (χ4n) is 4.11. The minimum atomic E-state index is -0.387. The Bertz CT molecular complexity index is 331. The van der Waals surface area contributed by atoms with Crippen LogP contribution in [0.5, 0.6) is 0 Å². The van der Waals surface area contributed by atoms with Crippen molar-refractivity contribution in [1.29, 1.82) is 0 Å². The minimum absolute atomic E-state index is 0.0483. The van der Waals surface area contributed by atoms with Crippen molar-refractivity contribution in [1.82, 2.24) is 0 Å². The summed E-state index contributed by atoms with van der Waals surface area (Å²) in [5.41, 5.74) is -0.774. The van der Waals surface area contributed by atoms with Gasteiger partial charge in [0.15, 0.2) is 0 Å². The molecule has 4 fully saturated rings. The molecule has 0 aromatic rings. The summed E-state index contributed by atoms with van der Waals surface area (Å²) in [5.74, 6) is 0. The standard InChI is InChI=1S/C16H26O6/c17-9-15(1-11-5-19-11,2-12-6-20-12)16(10-18,3-13-7-21-13)4-14-8-22-14/h11-14,17-18H,1-10H2. The first kappa shape index (κ1) is 15.3. The van der Waals surface area contributed by atoms with Crippen LogP contribution in [0.4, 0.5) is 0 Å². The van der Waals surface area contributed by atoms with Crippen LogP contribution in [0.2, 0.25) is 0 Å². The Morgan fingerprint density at radius 2 is 0.818 bits per heavy atom. The molecule has 4 unspecified atom stereocenters. The van der Waals surface area contributed by atoms with E-state index < -0.39 is 0 Å². The summed E-state index contributed by atoms with van der Waals surface area (Å²) in [4.78, 5) is 0. The Balaban J connectivity index is 1.62. The van der Waals surface area contributed by atoms with Crippen LogP contribution >= 0.6 is 0 Å². The quantitative estimate of drug-likeness (QED) is 0.526. The summed E-state index contributed by atoms with van der Waals surface area (Å²) < 4.78 is 21.8. The number of hydrogen-bond donors (Lipinski definition) is 2. The van der Waals surface area contributed by atoms with Crippen LogP contribution in [0.1, 0.15) is 25.7 Å².